The first kappa shape index (κ1) is 49.3. The van der Waals surface area contributed by atoms with Gasteiger partial charge in [-0.1, -0.05) is 133 Å². The number of hydrogen-bond acceptors (Lipinski definition) is 7. The number of esters is 2. The highest BCUT2D eigenvalue weighted by Crippen LogP contribution is 2.13. The van der Waals surface area contributed by atoms with Gasteiger partial charge in [0.2, 0.25) is 0 Å². The van der Waals surface area contributed by atoms with Crippen LogP contribution < -0.4 is 5.11 Å². The molecule has 0 rings (SSSR count). The molecule has 0 aliphatic heterocycles. The minimum Gasteiger partial charge on any atom is -0.544 e. The van der Waals surface area contributed by atoms with Crippen molar-refractivity contribution in [1.29, 1.82) is 0 Å². The van der Waals surface area contributed by atoms with Gasteiger partial charge in [0.05, 0.1) is 40.3 Å². The van der Waals surface area contributed by atoms with Gasteiger partial charge in [-0.15, -0.1) is 0 Å². The number of hydrogen-bond donors (Lipinski definition) is 0. The molecule has 2 unspecified atom stereocenters. The van der Waals surface area contributed by atoms with Gasteiger partial charge >= 0.3 is 11.9 Å². The van der Waals surface area contributed by atoms with Crippen LogP contribution in [0.4, 0.5) is 0 Å². The molecule has 0 saturated carbocycles. The number of unbranched alkanes of at least 4 members (excludes halogenated alkanes) is 16. The largest absolute Gasteiger partial charge is 0.544 e. The van der Waals surface area contributed by atoms with Crippen molar-refractivity contribution in [3.8, 4) is 0 Å². The Hall–Kier alpha value is -2.71. The summed E-state index contributed by atoms with van der Waals surface area (Å²) < 4.78 is 17.1. The van der Waals surface area contributed by atoms with Crippen LogP contribution in [0.25, 0.3) is 0 Å². The summed E-state index contributed by atoms with van der Waals surface area (Å²) >= 11 is 0. The molecule has 0 heterocycles. The fourth-order valence-corrected chi connectivity index (χ4v) is 5.77. The zero-order valence-corrected chi connectivity index (χ0v) is 34.0. The van der Waals surface area contributed by atoms with E-state index in [1.54, 1.807) is 21.1 Å². The predicted molar refractivity (Wildman–Crippen MR) is 213 cm³/mol. The zero-order valence-electron chi connectivity index (χ0n) is 34.0. The van der Waals surface area contributed by atoms with Crippen molar-refractivity contribution in [2.24, 2.45) is 0 Å². The average molecular weight is 732 g/mol. The molecule has 8 nitrogen and oxygen atoms in total. The summed E-state index contributed by atoms with van der Waals surface area (Å²) in [6, 6.07) is -0.730. The number of quaternary nitrogens is 1. The third kappa shape index (κ3) is 33.1. The molecule has 0 spiro atoms. The van der Waals surface area contributed by atoms with Gasteiger partial charge < -0.3 is 28.6 Å². The molecule has 0 radical (unpaired) electrons. The number of allylic oxidation sites excluding steroid dienone is 8. The first-order valence-corrected chi connectivity index (χ1v) is 20.7. The predicted octanol–water partition coefficient (Wildman–Crippen LogP) is 9.52. The second-order valence-electron chi connectivity index (χ2n) is 14.9. The summed E-state index contributed by atoms with van der Waals surface area (Å²) in [6.45, 7) is 4.48. The fourth-order valence-electron chi connectivity index (χ4n) is 5.77. The highest BCUT2D eigenvalue weighted by molar-refractivity contribution is 5.70. The van der Waals surface area contributed by atoms with Gasteiger partial charge in [-0.2, -0.15) is 0 Å². The molecule has 0 fully saturated rings. The van der Waals surface area contributed by atoms with E-state index in [4.69, 9.17) is 14.2 Å². The van der Waals surface area contributed by atoms with Crippen LogP contribution in [0, 0.1) is 0 Å². The quantitative estimate of drug-likeness (QED) is 0.0208. The minimum atomic E-state index is -1.13. The molecule has 52 heavy (non-hydrogen) atoms. The highest BCUT2D eigenvalue weighted by Gasteiger charge is 2.25. The van der Waals surface area contributed by atoms with Crippen molar-refractivity contribution in [2.45, 2.75) is 174 Å². The number of rotatable bonds is 36. The lowest BCUT2D eigenvalue weighted by Crippen LogP contribution is -2.55. The smallest absolute Gasteiger partial charge is 0.306 e. The highest BCUT2D eigenvalue weighted by atomic mass is 16.6. The minimum absolute atomic E-state index is 0.0300. The van der Waals surface area contributed by atoms with Gasteiger partial charge in [0, 0.05) is 19.3 Å². The molecule has 0 saturated heterocycles. The van der Waals surface area contributed by atoms with Gasteiger partial charge in [-0.05, 0) is 57.8 Å². The van der Waals surface area contributed by atoms with Crippen LogP contribution in [-0.2, 0) is 28.6 Å². The molecule has 2 atom stereocenters. The first-order chi connectivity index (χ1) is 25.1. The molecule has 0 aliphatic carbocycles. The second kappa shape index (κ2) is 35.3. The Kier molecular flexibility index (Phi) is 33.5. The number of likely N-dealkylation sites (N-methyl/N-ethyl adjacent to an activating group) is 1. The molecule has 0 aromatic heterocycles. The number of carbonyl (C=O) groups is 3. The van der Waals surface area contributed by atoms with E-state index in [1.165, 1.54) is 64.2 Å². The maximum atomic E-state index is 12.7. The van der Waals surface area contributed by atoms with Gasteiger partial charge in [-0.3, -0.25) is 9.59 Å². The number of ether oxygens (including phenoxy) is 3. The summed E-state index contributed by atoms with van der Waals surface area (Å²) in [7, 11) is 5.39. The number of carboxylic acids is 1. The van der Waals surface area contributed by atoms with Crippen LogP contribution in [0.5, 0.6) is 0 Å². The fraction of sp³-hybridized carbons (Fsp3) is 0.750. The van der Waals surface area contributed by atoms with Crippen molar-refractivity contribution in [1.82, 2.24) is 0 Å². The maximum absolute atomic E-state index is 12.7. The van der Waals surface area contributed by atoms with E-state index in [-0.39, 0.29) is 42.7 Å². The molecule has 0 aromatic rings. The molecule has 0 aliphatic rings. The summed E-state index contributed by atoms with van der Waals surface area (Å²) in [6.07, 6.45) is 39.9. The monoisotopic (exact) mass is 732 g/mol. The van der Waals surface area contributed by atoms with E-state index < -0.39 is 18.1 Å². The van der Waals surface area contributed by atoms with E-state index in [0.29, 0.717) is 12.8 Å². The molecule has 300 valence electrons. The third-order valence-electron chi connectivity index (χ3n) is 9.01. The summed E-state index contributed by atoms with van der Waals surface area (Å²) in [5.41, 5.74) is 0. The molecule has 0 N–H and O–H groups in total. The average Bonchev–Trinajstić information content (AvgIpc) is 3.09. The number of aliphatic carboxylic acids is 1. The normalized spacial score (nSPS) is 13.5. The molecule has 8 heteroatoms. The first-order valence-electron chi connectivity index (χ1n) is 20.7. The van der Waals surface area contributed by atoms with E-state index in [9.17, 15) is 19.5 Å². The van der Waals surface area contributed by atoms with Gasteiger partial charge in [0.15, 0.2) is 6.10 Å². The van der Waals surface area contributed by atoms with E-state index in [1.807, 2.05) is 12.2 Å². The Labute approximate surface area is 318 Å². The van der Waals surface area contributed by atoms with E-state index in [2.05, 4.69) is 50.3 Å². The Morgan fingerprint density at radius 1 is 0.596 bits per heavy atom. The molecule has 0 bridgehead atoms. The van der Waals surface area contributed by atoms with Gasteiger partial charge in [0.25, 0.3) is 0 Å². The number of nitrogens with zero attached hydrogens (tertiary/aromatic N) is 1. The van der Waals surface area contributed by atoms with Crippen LogP contribution in [0.3, 0.4) is 0 Å². The lowest BCUT2D eigenvalue weighted by Gasteiger charge is -2.34. The molecule has 0 aromatic carbocycles. The number of carboxylic acid groups (broad SMARTS) is 1. The SMILES string of the molecule is CC/C=C/C=C/C=C/CCCCCCCC(=O)OC(COCCC(C(=O)[O-])[N+](C)(C)C)COC(=O)CCCCCCCCC/C=C/CCCCCC. The third-order valence-corrected chi connectivity index (χ3v) is 9.01. The Balaban J connectivity index is 4.41. The maximum Gasteiger partial charge on any atom is 0.306 e. The van der Waals surface area contributed by atoms with Crippen LogP contribution in [0.1, 0.15) is 162 Å². The summed E-state index contributed by atoms with van der Waals surface area (Å²) in [4.78, 5) is 36.7. The van der Waals surface area contributed by atoms with Crippen LogP contribution in [0.15, 0.2) is 48.6 Å². The van der Waals surface area contributed by atoms with Gasteiger partial charge in [-0.25, -0.2) is 0 Å². The lowest BCUT2D eigenvalue weighted by atomic mass is 10.1. The van der Waals surface area contributed by atoms with Crippen LogP contribution in [0.2, 0.25) is 0 Å². The Morgan fingerprint density at radius 2 is 1.10 bits per heavy atom. The molecular formula is C44H77NO7. The number of carbonyl (C=O) groups excluding carboxylic acids is 3. The summed E-state index contributed by atoms with van der Waals surface area (Å²) in [5, 5.41) is 11.6. The topological polar surface area (TPSA) is 102 Å². The van der Waals surface area contributed by atoms with Crippen LogP contribution >= 0.6 is 0 Å². The second-order valence-corrected chi connectivity index (χ2v) is 14.9. The Bertz CT molecular complexity index is 995. The van der Waals surface area contributed by atoms with E-state index >= 15 is 0 Å². The van der Waals surface area contributed by atoms with Crippen molar-refractivity contribution < 1.29 is 38.2 Å². The molecular weight excluding hydrogens is 654 g/mol. The standard InChI is InChI=1S/C44H77NO7/c1-6-8-10-12-14-16-18-20-21-23-24-26-28-30-32-34-42(46)51-39-40(38-50-37-36-41(44(48)49)45(3,4)5)52-43(47)35-33-31-29-27-25-22-19-17-15-13-11-9-7-2/h9,11,13,15-19,40-41H,6-8,10,12,14,20-39H2,1-5H3/b11-9+,15-13+,18-16+,19-17+. The summed E-state index contributed by atoms with van der Waals surface area (Å²) in [5.74, 6) is -1.77. The van der Waals surface area contributed by atoms with Crippen LogP contribution in [-0.4, -0.2) is 75.5 Å². The van der Waals surface area contributed by atoms with Crippen molar-refractivity contribution in [3.05, 3.63) is 48.6 Å². The Morgan fingerprint density at radius 3 is 1.63 bits per heavy atom. The van der Waals surface area contributed by atoms with Crippen molar-refractivity contribution in [3.63, 3.8) is 0 Å². The van der Waals surface area contributed by atoms with Crippen molar-refractivity contribution in [2.75, 3.05) is 41.0 Å². The van der Waals surface area contributed by atoms with Gasteiger partial charge in [0.1, 0.15) is 12.6 Å². The molecule has 0 amide bonds. The zero-order chi connectivity index (χ0) is 38.5. The van der Waals surface area contributed by atoms with Crippen molar-refractivity contribution >= 4 is 17.9 Å². The lowest BCUT2D eigenvalue weighted by molar-refractivity contribution is -0.889. The van der Waals surface area contributed by atoms with E-state index in [0.717, 1.165) is 64.2 Å².